The maximum atomic E-state index is 10.7. The summed E-state index contributed by atoms with van der Waals surface area (Å²) in [6, 6.07) is 3.29. The summed E-state index contributed by atoms with van der Waals surface area (Å²) < 4.78 is 0.795. The van der Waals surface area contributed by atoms with Gasteiger partial charge in [-0.15, -0.1) is 11.3 Å². The first kappa shape index (κ1) is 8.89. The highest BCUT2D eigenvalue weighted by atomic mass is 32.1. The number of nitro groups is 1. The molecule has 1 aromatic heterocycles. The summed E-state index contributed by atoms with van der Waals surface area (Å²) >= 11 is 1.42. The first-order chi connectivity index (χ1) is 6.59. The predicted octanol–water partition coefficient (Wildman–Crippen LogP) is 2.10. The van der Waals surface area contributed by atoms with Crippen molar-refractivity contribution in [3.8, 4) is 0 Å². The second-order valence-corrected chi connectivity index (χ2v) is 4.07. The molecule has 0 radical (unpaired) electrons. The molecule has 0 amide bonds. The maximum Gasteiger partial charge on any atom is 0.318 e. The summed E-state index contributed by atoms with van der Waals surface area (Å²) in [6.07, 6.45) is 0. The van der Waals surface area contributed by atoms with Crippen molar-refractivity contribution < 1.29 is 4.92 Å². The van der Waals surface area contributed by atoms with Gasteiger partial charge in [0, 0.05) is 0 Å². The van der Waals surface area contributed by atoms with Crippen molar-refractivity contribution in [1.82, 2.24) is 4.98 Å². The van der Waals surface area contributed by atoms with Gasteiger partial charge in [-0.25, -0.2) is 4.98 Å². The fourth-order valence-corrected chi connectivity index (χ4v) is 2.13. The number of rotatable bonds is 1. The normalized spacial score (nSPS) is 10.6. The van der Waals surface area contributed by atoms with Crippen LogP contribution in [0, 0.1) is 17.0 Å². The van der Waals surface area contributed by atoms with Gasteiger partial charge >= 0.3 is 5.69 Å². The van der Waals surface area contributed by atoms with Crippen LogP contribution in [0.3, 0.4) is 0 Å². The molecule has 6 heteroatoms. The van der Waals surface area contributed by atoms with Gasteiger partial charge in [-0.1, -0.05) is 0 Å². The van der Waals surface area contributed by atoms with Crippen LogP contribution >= 0.6 is 11.3 Å². The number of anilines is 1. The molecule has 0 fully saturated rings. The third-order valence-corrected chi connectivity index (χ3v) is 2.79. The van der Waals surface area contributed by atoms with Crippen LogP contribution in [0.2, 0.25) is 0 Å². The van der Waals surface area contributed by atoms with Crippen LogP contribution in [0.4, 0.5) is 11.4 Å². The zero-order valence-electron chi connectivity index (χ0n) is 7.35. The van der Waals surface area contributed by atoms with Gasteiger partial charge in [0.25, 0.3) is 0 Å². The highest BCUT2D eigenvalue weighted by Gasteiger charge is 2.19. The second kappa shape index (κ2) is 2.91. The van der Waals surface area contributed by atoms with Crippen molar-refractivity contribution in [2.75, 3.05) is 5.73 Å². The molecule has 0 saturated heterocycles. The van der Waals surface area contributed by atoms with Crippen LogP contribution in [0.5, 0.6) is 0 Å². The quantitative estimate of drug-likeness (QED) is 0.443. The standard InChI is InChI=1S/C8H7N3O2S/c1-4-10-7-6(14-4)3-2-5(9)8(7)11(12)13/h2-3H,9H2,1H3. The zero-order valence-corrected chi connectivity index (χ0v) is 8.17. The number of fused-ring (bicyclic) bond motifs is 1. The Kier molecular flexibility index (Phi) is 1.85. The van der Waals surface area contributed by atoms with Gasteiger partial charge in [0.1, 0.15) is 5.69 Å². The van der Waals surface area contributed by atoms with Gasteiger partial charge in [-0.3, -0.25) is 10.1 Å². The molecule has 0 saturated carbocycles. The van der Waals surface area contributed by atoms with Crippen molar-refractivity contribution in [3.63, 3.8) is 0 Å². The van der Waals surface area contributed by atoms with Gasteiger partial charge in [0.05, 0.1) is 14.6 Å². The van der Waals surface area contributed by atoms with Crippen LogP contribution in [0.1, 0.15) is 5.01 Å². The first-order valence-corrected chi connectivity index (χ1v) is 4.71. The van der Waals surface area contributed by atoms with Crippen molar-refractivity contribution in [2.45, 2.75) is 6.92 Å². The van der Waals surface area contributed by atoms with Gasteiger partial charge in [0.2, 0.25) is 0 Å². The number of benzene rings is 1. The van der Waals surface area contributed by atoms with E-state index in [1.165, 1.54) is 17.4 Å². The van der Waals surface area contributed by atoms with Crippen molar-refractivity contribution >= 4 is 32.9 Å². The molecule has 0 bridgehead atoms. The summed E-state index contributed by atoms with van der Waals surface area (Å²) in [7, 11) is 0. The lowest BCUT2D eigenvalue weighted by atomic mass is 10.2. The van der Waals surface area contributed by atoms with E-state index in [0.29, 0.717) is 5.52 Å². The molecule has 1 aromatic carbocycles. The van der Waals surface area contributed by atoms with Crippen LogP contribution < -0.4 is 5.73 Å². The van der Waals surface area contributed by atoms with Gasteiger partial charge in [-0.2, -0.15) is 0 Å². The van der Waals surface area contributed by atoms with Gasteiger partial charge in [0.15, 0.2) is 5.52 Å². The molecule has 2 rings (SSSR count). The molecular formula is C8H7N3O2S. The minimum absolute atomic E-state index is 0.0909. The van der Waals surface area contributed by atoms with Crippen molar-refractivity contribution in [2.24, 2.45) is 0 Å². The minimum atomic E-state index is -0.489. The highest BCUT2D eigenvalue weighted by Crippen LogP contribution is 2.33. The third-order valence-electron chi connectivity index (χ3n) is 1.85. The van der Waals surface area contributed by atoms with E-state index in [1.54, 1.807) is 6.07 Å². The Labute approximate surface area is 83.3 Å². The Morgan fingerprint density at radius 3 is 2.93 bits per heavy atom. The largest absolute Gasteiger partial charge is 0.393 e. The molecule has 0 unspecified atom stereocenters. The van der Waals surface area contributed by atoms with Gasteiger partial charge in [-0.05, 0) is 19.1 Å². The molecule has 0 aliphatic carbocycles. The predicted molar refractivity (Wildman–Crippen MR) is 55.4 cm³/mol. The summed E-state index contributed by atoms with van der Waals surface area (Å²) in [6.45, 7) is 1.81. The maximum absolute atomic E-state index is 10.7. The summed E-state index contributed by atoms with van der Waals surface area (Å²) in [4.78, 5) is 14.3. The Morgan fingerprint density at radius 2 is 2.29 bits per heavy atom. The van der Waals surface area contributed by atoms with Gasteiger partial charge < -0.3 is 5.73 Å². The topological polar surface area (TPSA) is 82.0 Å². The Hall–Kier alpha value is -1.69. The summed E-state index contributed by atoms with van der Waals surface area (Å²) in [5.41, 5.74) is 5.98. The lowest BCUT2D eigenvalue weighted by Gasteiger charge is -1.96. The van der Waals surface area contributed by atoms with E-state index in [9.17, 15) is 10.1 Å². The number of aromatic nitrogens is 1. The Bertz CT molecular complexity index is 521. The molecule has 0 aliphatic rings. The molecular weight excluding hydrogens is 202 g/mol. The van der Waals surface area contributed by atoms with Crippen molar-refractivity contribution in [3.05, 3.63) is 27.3 Å². The number of nitrogens with two attached hydrogens (primary N) is 1. The number of thiazole rings is 1. The molecule has 5 nitrogen and oxygen atoms in total. The molecule has 1 heterocycles. The first-order valence-electron chi connectivity index (χ1n) is 3.89. The number of hydrogen-bond donors (Lipinski definition) is 1. The summed E-state index contributed by atoms with van der Waals surface area (Å²) in [5, 5.41) is 11.5. The van der Waals surface area contributed by atoms with Crippen molar-refractivity contribution in [1.29, 1.82) is 0 Å². The SMILES string of the molecule is Cc1nc2c([N+](=O)[O-])c(N)ccc2s1. The number of hydrogen-bond acceptors (Lipinski definition) is 5. The fourth-order valence-electron chi connectivity index (χ4n) is 1.30. The van der Waals surface area contributed by atoms with E-state index in [2.05, 4.69) is 4.98 Å². The molecule has 2 N–H and O–H groups in total. The smallest absolute Gasteiger partial charge is 0.318 e. The molecule has 14 heavy (non-hydrogen) atoms. The Balaban J connectivity index is 2.88. The minimum Gasteiger partial charge on any atom is -0.393 e. The summed E-state index contributed by atoms with van der Waals surface area (Å²) in [5.74, 6) is 0. The highest BCUT2D eigenvalue weighted by molar-refractivity contribution is 7.18. The fraction of sp³-hybridized carbons (Fsp3) is 0.125. The second-order valence-electron chi connectivity index (χ2n) is 2.84. The number of nitrogen functional groups attached to an aromatic ring is 1. The number of nitro benzene ring substituents is 1. The third kappa shape index (κ3) is 1.20. The van der Waals surface area contributed by atoms with E-state index in [1.807, 2.05) is 6.92 Å². The number of nitrogens with zero attached hydrogens (tertiary/aromatic N) is 2. The zero-order chi connectivity index (χ0) is 10.3. The van der Waals surface area contributed by atoms with Crippen LogP contribution in [-0.4, -0.2) is 9.91 Å². The lowest BCUT2D eigenvalue weighted by Crippen LogP contribution is -1.96. The monoisotopic (exact) mass is 209 g/mol. The molecule has 72 valence electrons. The molecule has 2 aromatic rings. The van der Waals surface area contributed by atoms with E-state index in [0.717, 1.165) is 9.71 Å². The van der Waals surface area contributed by atoms with Crippen LogP contribution in [0.15, 0.2) is 12.1 Å². The lowest BCUT2D eigenvalue weighted by molar-refractivity contribution is -0.382. The van der Waals surface area contributed by atoms with E-state index in [-0.39, 0.29) is 11.4 Å². The molecule has 0 aliphatic heterocycles. The van der Waals surface area contributed by atoms with E-state index < -0.39 is 4.92 Å². The van der Waals surface area contributed by atoms with E-state index >= 15 is 0 Å². The average molecular weight is 209 g/mol. The number of aryl methyl sites for hydroxylation is 1. The van der Waals surface area contributed by atoms with E-state index in [4.69, 9.17) is 5.73 Å². The average Bonchev–Trinajstić information content (AvgIpc) is 2.43. The van der Waals surface area contributed by atoms with Crippen LogP contribution in [0.25, 0.3) is 10.2 Å². The Morgan fingerprint density at radius 1 is 1.57 bits per heavy atom. The van der Waals surface area contributed by atoms with Crippen LogP contribution in [-0.2, 0) is 0 Å². The molecule has 0 atom stereocenters. The molecule has 0 spiro atoms.